The van der Waals surface area contributed by atoms with Crippen LogP contribution in [-0.4, -0.2) is 47.3 Å². The first-order valence-electron chi connectivity index (χ1n) is 7.79. The van der Waals surface area contributed by atoms with Gasteiger partial charge in [-0.05, 0) is 31.9 Å². The summed E-state index contributed by atoms with van der Waals surface area (Å²) in [6.07, 6.45) is 2.04. The molecule has 0 spiro atoms. The smallest absolute Gasteiger partial charge is 0.326 e. The Labute approximate surface area is 124 Å². The molecule has 21 heavy (non-hydrogen) atoms. The van der Waals surface area contributed by atoms with E-state index in [1.165, 1.54) is 0 Å². The third kappa shape index (κ3) is 3.04. The van der Waals surface area contributed by atoms with Crippen LogP contribution in [0.2, 0.25) is 0 Å². The van der Waals surface area contributed by atoms with E-state index in [4.69, 9.17) is 4.74 Å². The van der Waals surface area contributed by atoms with Crippen molar-refractivity contribution in [3.05, 3.63) is 34.7 Å². The molecule has 114 valence electrons. The summed E-state index contributed by atoms with van der Waals surface area (Å²) < 4.78 is 7.35. The van der Waals surface area contributed by atoms with Crippen LogP contribution in [0, 0.1) is 0 Å². The van der Waals surface area contributed by atoms with Gasteiger partial charge in [0.2, 0.25) is 0 Å². The second kappa shape index (κ2) is 6.45. The third-order valence-corrected chi connectivity index (χ3v) is 4.30. The number of nitrogens with zero attached hydrogens (tertiary/aromatic N) is 2. The number of nitrogens with one attached hydrogen (secondary N) is 1. The molecule has 0 aliphatic carbocycles. The Bertz CT molecular complexity index is 638. The van der Waals surface area contributed by atoms with Gasteiger partial charge in [-0.25, -0.2) is 4.79 Å². The number of rotatable bonds is 5. The number of fused-ring (bicyclic) bond motifs is 1. The fourth-order valence-electron chi connectivity index (χ4n) is 3.18. The average molecular weight is 289 g/mol. The summed E-state index contributed by atoms with van der Waals surface area (Å²) in [5, 5.41) is 0. The molecule has 1 aliphatic heterocycles. The molecule has 1 aromatic carbocycles. The molecular formula is C16H23N3O2. The van der Waals surface area contributed by atoms with Crippen LogP contribution in [0.5, 0.6) is 0 Å². The third-order valence-electron chi connectivity index (χ3n) is 4.30. The molecule has 0 radical (unpaired) electrons. The number of hydrogen-bond acceptors (Lipinski definition) is 3. The number of aromatic amines is 1. The van der Waals surface area contributed by atoms with Crippen molar-refractivity contribution in [2.24, 2.45) is 0 Å². The monoisotopic (exact) mass is 289 g/mol. The normalized spacial score (nSPS) is 17.6. The van der Waals surface area contributed by atoms with Crippen molar-refractivity contribution in [1.29, 1.82) is 0 Å². The summed E-state index contributed by atoms with van der Waals surface area (Å²) in [6.45, 7) is 6.65. The van der Waals surface area contributed by atoms with E-state index in [-0.39, 0.29) is 5.69 Å². The topological polar surface area (TPSA) is 50.3 Å². The van der Waals surface area contributed by atoms with Crippen molar-refractivity contribution in [2.75, 3.05) is 32.8 Å². The highest BCUT2D eigenvalue weighted by Gasteiger charge is 2.23. The predicted octanol–water partition coefficient (Wildman–Crippen LogP) is 2.00. The lowest BCUT2D eigenvalue weighted by atomic mass is 10.0. The van der Waals surface area contributed by atoms with Crippen LogP contribution in [0.25, 0.3) is 11.0 Å². The van der Waals surface area contributed by atoms with Gasteiger partial charge in [-0.15, -0.1) is 0 Å². The molecule has 1 aromatic heterocycles. The van der Waals surface area contributed by atoms with Crippen LogP contribution in [-0.2, 0) is 4.74 Å². The van der Waals surface area contributed by atoms with Gasteiger partial charge >= 0.3 is 5.69 Å². The van der Waals surface area contributed by atoms with Crippen molar-refractivity contribution in [3.63, 3.8) is 0 Å². The molecule has 2 heterocycles. The van der Waals surface area contributed by atoms with Crippen molar-refractivity contribution < 1.29 is 4.74 Å². The lowest BCUT2D eigenvalue weighted by Gasteiger charge is -2.32. The Hall–Kier alpha value is -1.59. The van der Waals surface area contributed by atoms with E-state index in [9.17, 15) is 4.79 Å². The van der Waals surface area contributed by atoms with Gasteiger partial charge in [-0.1, -0.05) is 12.1 Å². The van der Waals surface area contributed by atoms with Crippen molar-refractivity contribution in [3.8, 4) is 0 Å². The Morgan fingerprint density at radius 2 is 2.05 bits per heavy atom. The Kier molecular flexibility index (Phi) is 4.41. The van der Waals surface area contributed by atoms with Crippen LogP contribution in [0.15, 0.2) is 29.1 Å². The number of H-pyrrole nitrogens is 1. The number of ether oxygens (including phenoxy) is 1. The van der Waals surface area contributed by atoms with Crippen molar-refractivity contribution >= 4 is 11.0 Å². The number of aromatic nitrogens is 2. The zero-order valence-electron chi connectivity index (χ0n) is 12.5. The second-order valence-corrected chi connectivity index (χ2v) is 5.59. The van der Waals surface area contributed by atoms with E-state index in [1.54, 1.807) is 0 Å². The minimum absolute atomic E-state index is 0.0176. The van der Waals surface area contributed by atoms with Crippen molar-refractivity contribution in [2.45, 2.75) is 25.8 Å². The molecule has 0 bridgehead atoms. The number of likely N-dealkylation sites (tertiary alicyclic amines) is 1. The summed E-state index contributed by atoms with van der Waals surface area (Å²) in [6, 6.07) is 8.23. The van der Waals surface area contributed by atoms with Crippen LogP contribution in [0.4, 0.5) is 0 Å². The van der Waals surface area contributed by atoms with E-state index < -0.39 is 0 Å². The molecule has 5 heteroatoms. The SMILES string of the molecule is CCOCCN1CCC(n2c(=O)[nH]c3ccccc32)CC1. The maximum atomic E-state index is 12.2. The Balaban J connectivity index is 1.68. The molecule has 3 rings (SSSR count). The second-order valence-electron chi connectivity index (χ2n) is 5.59. The van der Waals surface area contributed by atoms with Gasteiger partial charge in [0.15, 0.2) is 0 Å². The standard InChI is InChI=1S/C16H23N3O2/c1-2-21-12-11-18-9-7-13(8-10-18)19-15-6-4-3-5-14(15)17-16(19)20/h3-6,13H,2,7-12H2,1H3,(H,17,20). The lowest BCUT2D eigenvalue weighted by Crippen LogP contribution is -2.38. The number of benzene rings is 1. The van der Waals surface area contributed by atoms with E-state index in [0.717, 1.165) is 56.7 Å². The van der Waals surface area contributed by atoms with Crippen LogP contribution < -0.4 is 5.69 Å². The fourth-order valence-corrected chi connectivity index (χ4v) is 3.18. The summed E-state index contributed by atoms with van der Waals surface area (Å²) in [4.78, 5) is 17.6. The van der Waals surface area contributed by atoms with Gasteiger partial charge in [0.1, 0.15) is 0 Å². The van der Waals surface area contributed by atoms with Gasteiger partial charge in [-0.2, -0.15) is 0 Å². The Morgan fingerprint density at radius 3 is 2.81 bits per heavy atom. The lowest BCUT2D eigenvalue weighted by molar-refractivity contribution is 0.0968. The molecular weight excluding hydrogens is 266 g/mol. The molecule has 0 saturated carbocycles. The zero-order chi connectivity index (χ0) is 14.7. The van der Waals surface area contributed by atoms with E-state index in [1.807, 2.05) is 35.8 Å². The minimum atomic E-state index is 0.0176. The van der Waals surface area contributed by atoms with Gasteiger partial charge in [-0.3, -0.25) is 4.57 Å². The fraction of sp³-hybridized carbons (Fsp3) is 0.562. The van der Waals surface area contributed by atoms with Crippen LogP contribution >= 0.6 is 0 Å². The maximum Gasteiger partial charge on any atom is 0.326 e. The van der Waals surface area contributed by atoms with Gasteiger partial charge in [0, 0.05) is 32.3 Å². The molecule has 1 saturated heterocycles. The highest BCUT2D eigenvalue weighted by molar-refractivity contribution is 5.75. The summed E-state index contributed by atoms with van der Waals surface area (Å²) in [5.74, 6) is 0. The molecule has 0 unspecified atom stereocenters. The van der Waals surface area contributed by atoms with Crippen LogP contribution in [0.1, 0.15) is 25.8 Å². The first kappa shape index (κ1) is 14.4. The summed E-state index contributed by atoms with van der Waals surface area (Å²) >= 11 is 0. The summed E-state index contributed by atoms with van der Waals surface area (Å²) in [5.41, 5.74) is 1.97. The quantitative estimate of drug-likeness (QED) is 0.857. The van der Waals surface area contributed by atoms with E-state index in [0.29, 0.717) is 6.04 Å². The highest BCUT2D eigenvalue weighted by atomic mass is 16.5. The molecule has 1 fully saturated rings. The molecule has 1 aliphatic rings. The molecule has 0 amide bonds. The minimum Gasteiger partial charge on any atom is -0.380 e. The van der Waals surface area contributed by atoms with Gasteiger partial charge < -0.3 is 14.6 Å². The van der Waals surface area contributed by atoms with Gasteiger partial charge in [0.25, 0.3) is 0 Å². The maximum absolute atomic E-state index is 12.2. The molecule has 5 nitrogen and oxygen atoms in total. The largest absolute Gasteiger partial charge is 0.380 e. The van der Waals surface area contributed by atoms with Gasteiger partial charge in [0.05, 0.1) is 17.6 Å². The molecule has 1 N–H and O–H groups in total. The Morgan fingerprint density at radius 1 is 1.29 bits per heavy atom. The summed E-state index contributed by atoms with van der Waals surface area (Å²) in [7, 11) is 0. The number of hydrogen-bond donors (Lipinski definition) is 1. The average Bonchev–Trinajstić information content (AvgIpc) is 2.84. The molecule has 2 aromatic rings. The van der Waals surface area contributed by atoms with E-state index >= 15 is 0 Å². The zero-order valence-corrected chi connectivity index (χ0v) is 12.5. The number of piperidine rings is 1. The first-order chi connectivity index (χ1) is 10.3. The highest BCUT2D eigenvalue weighted by Crippen LogP contribution is 2.24. The van der Waals surface area contributed by atoms with E-state index in [2.05, 4.69) is 9.88 Å². The predicted molar refractivity (Wildman–Crippen MR) is 83.8 cm³/mol. The number of para-hydroxylation sites is 2. The number of imidazole rings is 1. The molecule has 0 atom stereocenters. The van der Waals surface area contributed by atoms with Crippen molar-refractivity contribution in [1.82, 2.24) is 14.5 Å². The van der Waals surface area contributed by atoms with Crippen LogP contribution in [0.3, 0.4) is 0 Å². The first-order valence-corrected chi connectivity index (χ1v) is 7.79.